The number of rotatable bonds is 5. The quantitative estimate of drug-likeness (QED) is 0.380. The topological polar surface area (TPSA) is 78.3 Å². The van der Waals surface area contributed by atoms with E-state index in [9.17, 15) is 10.4 Å². The standard InChI is InChI=1S/C29H28N2O3/c1-29(2,32)22-6-3-5-20(16-22)27-17-25-24(7-4-8-26(25)31-27)19-9-10-28(21(15-19)18-30)34-23-11-13-33-14-12-23/h3-10,15-17,23,31-32H,11-14H2,1-2H3. The van der Waals surface area contributed by atoms with E-state index in [1.165, 1.54) is 0 Å². The van der Waals surface area contributed by atoms with E-state index in [-0.39, 0.29) is 6.10 Å². The number of aromatic amines is 1. The lowest BCUT2D eigenvalue weighted by molar-refractivity contribution is 0.0254. The van der Waals surface area contributed by atoms with Crippen molar-refractivity contribution in [2.45, 2.75) is 38.4 Å². The van der Waals surface area contributed by atoms with Gasteiger partial charge in [0.2, 0.25) is 0 Å². The number of hydrogen-bond donors (Lipinski definition) is 2. The Bertz CT molecular complexity index is 1370. The van der Waals surface area contributed by atoms with Crippen molar-refractivity contribution in [1.82, 2.24) is 4.98 Å². The van der Waals surface area contributed by atoms with Crippen molar-refractivity contribution >= 4 is 10.9 Å². The summed E-state index contributed by atoms with van der Waals surface area (Å²) >= 11 is 0. The molecule has 1 aliphatic heterocycles. The lowest BCUT2D eigenvalue weighted by Gasteiger charge is -2.24. The highest BCUT2D eigenvalue weighted by Crippen LogP contribution is 2.35. The Kier molecular flexibility index (Phi) is 5.87. The van der Waals surface area contributed by atoms with Gasteiger partial charge in [-0.3, -0.25) is 0 Å². The molecule has 0 bridgehead atoms. The molecule has 172 valence electrons. The smallest absolute Gasteiger partial charge is 0.137 e. The summed E-state index contributed by atoms with van der Waals surface area (Å²) in [5.74, 6) is 0.628. The lowest BCUT2D eigenvalue weighted by Crippen LogP contribution is -2.26. The van der Waals surface area contributed by atoms with Crippen LogP contribution in [0.3, 0.4) is 0 Å². The molecule has 1 aromatic heterocycles. The minimum absolute atomic E-state index is 0.0852. The van der Waals surface area contributed by atoms with E-state index in [0.717, 1.165) is 51.7 Å². The Morgan fingerprint density at radius 3 is 2.56 bits per heavy atom. The van der Waals surface area contributed by atoms with Crippen molar-refractivity contribution in [2.24, 2.45) is 0 Å². The average molecular weight is 453 g/mol. The van der Waals surface area contributed by atoms with E-state index in [0.29, 0.717) is 24.5 Å². The molecule has 2 heterocycles. The molecule has 3 aromatic carbocycles. The SMILES string of the molecule is CC(C)(O)c1cccc(-c2cc3c(-c4ccc(OC5CCOCC5)c(C#N)c4)cccc3[nH]2)c1. The van der Waals surface area contributed by atoms with Gasteiger partial charge >= 0.3 is 0 Å². The molecular formula is C29H28N2O3. The molecule has 0 spiro atoms. The molecule has 34 heavy (non-hydrogen) atoms. The normalized spacial score (nSPS) is 14.8. The monoisotopic (exact) mass is 452 g/mol. The van der Waals surface area contributed by atoms with Gasteiger partial charge < -0.3 is 19.6 Å². The molecule has 0 unspecified atom stereocenters. The van der Waals surface area contributed by atoms with E-state index in [1.807, 2.05) is 48.5 Å². The number of aromatic nitrogens is 1. The first-order valence-corrected chi connectivity index (χ1v) is 11.7. The van der Waals surface area contributed by atoms with Crippen LogP contribution in [0.25, 0.3) is 33.3 Å². The van der Waals surface area contributed by atoms with Gasteiger partial charge in [0.05, 0.1) is 24.4 Å². The Morgan fingerprint density at radius 2 is 1.79 bits per heavy atom. The number of hydrogen-bond acceptors (Lipinski definition) is 4. The van der Waals surface area contributed by atoms with E-state index in [2.05, 4.69) is 29.3 Å². The summed E-state index contributed by atoms with van der Waals surface area (Å²) < 4.78 is 11.5. The zero-order chi connectivity index (χ0) is 23.7. The predicted molar refractivity (Wildman–Crippen MR) is 134 cm³/mol. The second kappa shape index (κ2) is 8.98. The van der Waals surface area contributed by atoms with Crippen molar-refractivity contribution in [3.8, 4) is 34.2 Å². The van der Waals surface area contributed by atoms with Gasteiger partial charge in [-0.25, -0.2) is 0 Å². The lowest BCUT2D eigenvalue weighted by atomic mass is 9.95. The molecule has 5 rings (SSSR count). The molecule has 0 saturated carbocycles. The minimum Gasteiger partial charge on any atom is -0.489 e. The van der Waals surface area contributed by atoms with Gasteiger partial charge in [0.1, 0.15) is 17.9 Å². The summed E-state index contributed by atoms with van der Waals surface area (Å²) in [4.78, 5) is 3.51. The third-order valence-corrected chi connectivity index (χ3v) is 6.42. The molecule has 5 heteroatoms. The maximum absolute atomic E-state index is 10.4. The van der Waals surface area contributed by atoms with Crippen molar-refractivity contribution in [3.63, 3.8) is 0 Å². The Labute approximate surface area is 199 Å². The fraction of sp³-hybridized carbons (Fsp3) is 0.276. The van der Waals surface area contributed by atoms with E-state index < -0.39 is 5.60 Å². The molecule has 0 radical (unpaired) electrons. The van der Waals surface area contributed by atoms with Gasteiger partial charge in [-0.2, -0.15) is 5.26 Å². The molecule has 1 fully saturated rings. The predicted octanol–water partition coefficient (Wildman–Crippen LogP) is 6.16. The number of fused-ring (bicyclic) bond motifs is 1. The first kappa shape index (κ1) is 22.2. The zero-order valence-corrected chi connectivity index (χ0v) is 19.5. The highest BCUT2D eigenvalue weighted by molar-refractivity contribution is 5.98. The van der Waals surface area contributed by atoms with Crippen LogP contribution in [0.2, 0.25) is 0 Å². The van der Waals surface area contributed by atoms with Gasteiger partial charge in [0.15, 0.2) is 0 Å². The molecule has 0 aliphatic carbocycles. The van der Waals surface area contributed by atoms with Crippen LogP contribution in [0, 0.1) is 11.3 Å². The summed E-state index contributed by atoms with van der Waals surface area (Å²) in [7, 11) is 0. The first-order chi connectivity index (χ1) is 16.4. The molecular weight excluding hydrogens is 424 g/mol. The number of nitriles is 1. The van der Waals surface area contributed by atoms with Crippen LogP contribution in [-0.4, -0.2) is 29.4 Å². The van der Waals surface area contributed by atoms with Gasteiger partial charge in [-0.15, -0.1) is 0 Å². The molecule has 5 nitrogen and oxygen atoms in total. The first-order valence-electron chi connectivity index (χ1n) is 11.7. The van der Waals surface area contributed by atoms with Crippen LogP contribution < -0.4 is 4.74 Å². The number of nitrogens with zero attached hydrogens (tertiary/aromatic N) is 1. The van der Waals surface area contributed by atoms with E-state index in [1.54, 1.807) is 13.8 Å². The maximum Gasteiger partial charge on any atom is 0.137 e. The van der Waals surface area contributed by atoms with Crippen LogP contribution in [0.5, 0.6) is 5.75 Å². The number of H-pyrrole nitrogens is 1. The average Bonchev–Trinajstić information content (AvgIpc) is 3.29. The van der Waals surface area contributed by atoms with Gasteiger partial charge in [-0.05, 0) is 66.4 Å². The van der Waals surface area contributed by atoms with E-state index >= 15 is 0 Å². The number of benzene rings is 3. The number of nitrogens with one attached hydrogen (secondary N) is 1. The second-order valence-electron chi connectivity index (χ2n) is 9.34. The summed E-state index contributed by atoms with van der Waals surface area (Å²) in [6.45, 7) is 4.97. The third kappa shape index (κ3) is 4.43. The van der Waals surface area contributed by atoms with Crippen molar-refractivity contribution in [3.05, 3.63) is 77.9 Å². The Hall–Kier alpha value is -3.59. The highest BCUT2D eigenvalue weighted by Gasteiger charge is 2.19. The third-order valence-electron chi connectivity index (χ3n) is 6.42. The summed E-state index contributed by atoms with van der Waals surface area (Å²) in [6, 6.07) is 24.4. The van der Waals surface area contributed by atoms with Crippen molar-refractivity contribution in [2.75, 3.05) is 13.2 Å². The second-order valence-corrected chi connectivity index (χ2v) is 9.34. The summed E-state index contributed by atoms with van der Waals surface area (Å²) in [5, 5.41) is 21.3. The fourth-order valence-corrected chi connectivity index (χ4v) is 4.49. The maximum atomic E-state index is 10.4. The Balaban J connectivity index is 1.51. The van der Waals surface area contributed by atoms with Gasteiger partial charge in [0, 0.05) is 29.4 Å². The molecule has 1 saturated heterocycles. The molecule has 2 N–H and O–H groups in total. The van der Waals surface area contributed by atoms with Crippen LogP contribution in [-0.2, 0) is 10.3 Å². The Morgan fingerprint density at radius 1 is 1.00 bits per heavy atom. The van der Waals surface area contributed by atoms with Gasteiger partial charge in [0.25, 0.3) is 0 Å². The largest absolute Gasteiger partial charge is 0.489 e. The summed E-state index contributed by atoms with van der Waals surface area (Å²) in [6.07, 6.45) is 1.77. The van der Waals surface area contributed by atoms with Crippen LogP contribution in [0.4, 0.5) is 0 Å². The van der Waals surface area contributed by atoms with Crippen LogP contribution in [0.15, 0.2) is 66.7 Å². The minimum atomic E-state index is -0.907. The molecule has 0 amide bonds. The van der Waals surface area contributed by atoms with Gasteiger partial charge in [-0.1, -0.05) is 36.4 Å². The molecule has 0 atom stereocenters. The van der Waals surface area contributed by atoms with Crippen LogP contribution >= 0.6 is 0 Å². The zero-order valence-electron chi connectivity index (χ0n) is 19.5. The van der Waals surface area contributed by atoms with Crippen molar-refractivity contribution in [1.29, 1.82) is 5.26 Å². The number of ether oxygens (including phenoxy) is 2. The molecule has 1 aliphatic rings. The molecule has 4 aromatic rings. The van der Waals surface area contributed by atoms with Crippen molar-refractivity contribution < 1.29 is 14.6 Å². The van der Waals surface area contributed by atoms with E-state index in [4.69, 9.17) is 9.47 Å². The fourth-order valence-electron chi connectivity index (χ4n) is 4.49. The van der Waals surface area contributed by atoms with Crippen LogP contribution in [0.1, 0.15) is 37.8 Å². The summed E-state index contributed by atoms with van der Waals surface area (Å²) in [5.41, 5.74) is 5.52. The highest BCUT2D eigenvalue weighted by atomic mass is 16.5. The number of aliphatic hydroxyl groups is 1.